The van der Waals surface area contributed by atoms with Gasteiger partial charge < -0.3 is 9.52 Å². The molecule has 1 aliphatic carbocycles. The van der Waals surface area contributed by atoms with E-state index < -0.39 is 5.97 Å². The predicted molar refractivity (Wildman–Crippen MR) is 104 cm³/mol. The maximum Gasteiger partial charge on any atom is 0.335 e. The molecule has 2 aliphatic rings. The standard InChI is InChI=1S/C19H15NO4S2/c1-10-8-14(10)15-7-6-13(24-15)9-16-17(21)20(19(25)26-16)12-4-2-11(3-5-12)18(22)23/h2-7,9-10,14H,8H2,1H3,(H,22,23)/b16-9-/t10-,14+/m0/s1. The van der Waals surface area contributed by atoms with Crippen LogP contribution in [-0.2, 0) is 4.79 Å². The van der Waals surface area contributed by atoms with Crippen molar-refractivity contribution in [2.24, 2.45) is 5.92 Å². The van der Waals surface area contributed by atoms with Crippen molar-refractivity contribution in [2.75, 3.05) is 4.90 Å². The minimum atomic E-state index is -1.01. The summed E-state index contributed by atoms with van der Waals surface area (Å²) in [5.41, 5.74) is 0.708. The smallest absolute Gasteiger partial charge is 0.335 e. The molecule has 2 atom stereocenters. The van der Waals surface area contributed by atoms with Crippen molar-refractivity contribution in [3.8, 4) is 0 Å². The Morgan fingerprint density at radius 2 is 2.00 bits per heavy atom. The van der Waals surface area contributed by atoms with E-state index in [0.29, 0.717) is 32.5 Å². The second-order valence-electron chi connectivity index (χ2n) is 6.43. The van der Waals surface area contributed by atoms with Crippen LogP contribution in [0.15, 0.2) is 45.7 Å². The molecule has 1 saturated heterocycles. The molecule has 2 aromatic rings. The molecule has 1 aromatic heterocycles. The number of anilines is 1. The number of carboxylic acid groups (broad SMARTS) is 1. The van der Waals surface area contributed by atoms with Crippen LogP contribution in [-0.4, -0.2) is 21.3 Å². The number of carboxylic acids is 1. The number of carbonyl (C=O) groups excluding carboxylic acids is 1. The zero-order chi connectivity index (χ0) is 18.4. The predicted octanol–water partition coefficient (Wildman–Crippen LogP) is 4.51. The number of carbonyl (C=O) groups is 2. The van der Waals surface area contributed by atoms with Gasteiger partial charge in [-0.15, -0.1) is 0 Å². The fourth-order valence-corrected chi connectivity index (χ4v) is 4.22. The molecule has 0 spiro atoms. The van der Waals surface area contributed by atoms with Crippen LogP contribution in [0.1, 0.15) is 41.1 Å². The number of hydrogen-bond acceptors (Lipinski definition) is 5. The van der Waals surface area contributed by atoms with Crippen molar-refractivity contribution in [1.29, 1.82) is 0 Å². The van der Waals surface area contributed by atoms with Gasteiger partial charge in [0.05, 0.1) is 16.2 Å². The Labute approximate surface area is 159 Å². The van der Waals surface area contributed by atoms with Gasteiger partial charge in [0, 0.05) is 12.0 Å². The molecule has 2 fully saturated rings. The van der Waals surface area contributed by atoms with Crippen LogP contribution < -0.4 is 4.90 Å². The molecule has 4 rings (SSSR count). The van der Waals surface area contributed by atoms with Crippen molar-refractivity contribution in [2.45, 2.75) is 19.3 Å². The average Bonchev–Trinajstić information content (AvgIpc) is 3.04. The summed E-state index contributed by atoms with van der Waals surface area (Å²) in [7, 11) is 0. The van der Waals surface area contributed by atoms with Crippen molar-refractivity contribution in [1.82, 2.24) is 0 Å². The number of amides is 1. The van der Waals surface area contributed by atoms with Crippen LogP contribution in [0.5, 0.6) is 0 Å². The molecule has 0 bridgehead atoms. The Kier molecular flexibility index (Phi) is 4.20. The Hall–Kier alpha value is -2.38. The first-order valence-corrected chi connectivity index (χ1v) is 9.37. The minimum absolute atomic E-state index is 0.159. The number of furan rings is 1. The second kappa shape index (κ2) is 6.41. The lowest BCUT2D eigenvalue weighted by Crippen LogP contribution is -2.27. The molecular weight excluding hydrogens is 370 g/mol. The van der Waals surface area contributed by atoms with Gasteiger partial charge in [-0.25, -0.2) is 4.79 Å². The number of hydrogen-bond donors (Lipinski definition) is 1. The normalized spacial score (nSPS) is 23.7. The SMILES string of the molecule is C[C@H]1C[C@H]1c1ccc(/C=C2\SC(=S)N(c3ccc(C(=O)O)cc3)C2=O)o1. The molecule has 132 valence electrons. The van der Waals surface area contributed by atoms with E-state index in [2.05, 4.69) is 6.92 Å². The van der Waals surface area contributed by atoms with E-state index in [1.54, 1.807) is 18.2 Å². The largest absolute Gasteiger partial charge is 0.478 e. The molecule has 1 amide bonds. The Morgan fingerprint density at radius 3 is 2.62 bits per heavy atom. The van der Waals surface area contributed by atoms with Crippen LogP contribution in [0, 0.1) is 5.92 Å². The van der Waals surface area contributed by atoms with Gasteiger partial charge in [0.1, 0.15) is 11.5 Å². The topological polar surface area (TPSA) is 70.8 Å². The highest BCUT2D eigenvalue weighted by atomic mass is 32.2. The summed E-state index contributed by atoms with van der Waals surface area (Å²) < 4.78 is 6.25. The van der Waals surface area contributed by atoms with Gasteiger partial charge in [-0.2, -0.15) is 0 Å². The van der Waals surface area contributed by atoms with E-state index in [0.717, 1.165) is 12.2 Å². The zero-order valence-corrected chi connectivity index (χ0v) is 15.5. The lowest BCUT2D eigenvalue weighted by Gasteiger charge is -2.14. The highest BCUT2D eigenvalue weighted by molar-refractivity contribution is 8.27. The number of nitrogens with zero attached hydrogens (tertiary/aromatic N) is 1. The van der Waals surface area contributed by atoms with Gasteiger partial charge >= 0.3 is 5.97 Å². The first kappa shape index (κ1) is 17.1. The van der Waals surface area contributed by atoms with Gasteiger partial charge in [0.15, 0.2) is 4.32 Å². The van der Waals surface area contributed by atoms with Crippen LogP contribution in [0.2, 0.25) is 0 Å². The highest BCUT2D eigenvalue weighted by Gasteiger charge is 2.37. The average molecular weight is 385 g/mol. The van der Waals surface area contributed by atoms with Gasteiger partial charge in [0.25, 0.3) is 5.91 Å². The van der Waals surface area contributed by atoms with Gasteiger partial charge in [0.2, 0.25) is 0 Å². The Balaban J connectivity index is 1.56. The second-order valence-corrected chi connectivity index (χ2v) is 8.10. The van der Waals surface area contributed by atoms with E-state index >= 15 is 0 Å². The van der Waals surface area contributed by atoms with Gasteiger partial charge in [-0.05, 0) is 48.7 Å². The van der Waals surface area contributed by atoms with E-state index in [1.165, 1.54) is 28.8 Å². The maximum atomic E-state index is 12.7. The fraction of sp³-hybridized carbons (Fsp3) is 0.211. The molecule has 0 unspecified atom stereocenters. The van der Waals surface area contributed by atoms with Crippen LogP contribution in [0.25, 0.3) is 6.08 Å². The molecule has 1 saturated carbocycles. The van der Waals surface area contributed by atoms with Crippen LogP contribution in [0.4, 0.5) is 5.69 Å². The van der Waals surface area contributed by atoms with Crippen molar-refractivity contribution >= 4 is 51.9 Å². The third-order valence-electron chi connectivity index (χ3n) is 4.56. The van der Waals surface area contributed by atoms with Crippen LogP contribution >= 0.6 is 24.0 Å². The summed E-state index contributed by atoms with van der Waals surface area (Å²) in [6.45, 7) is 2.19. The zero-order valence-electron chi connectivity index (χ0n) is 13.8. The minimum Gasteiger partial charge on any atom is -0.478 e. The highest BCUT2D eigenvalue weighted by Crippen LogP contribution is 2.47. The van der Waals surface area contributed by atoms with E-state index in [1.807, 2.05) is 12.1 Å². The van der Waals surface area contributed by atoms with E-state index in [4.69, 9.17) is 21.7 Å². The third-order valence-corrected chi connectivity index (χ3v) is 5.86. The van der Waals surface area contributed by atoms with Gasteiger partial charge in [-0.1, -0.05) is 30.9 Å². The van der Waals surface area contributed by atoms with E-state index in [-0.39, 0.29) is 11.5 Å². The fourth-order valence-electron chi connectivity index (χ4n) is 2.94. The number of thioether (sulfide) groups is 1. The summed E-state index contributed by atoms with van der Waals surface area (Å²) in [4.78, 5) is 25.6. The Morgan fingerprint density at radius 1 is 1.31 bits per heavy atom. The molecule has 5 nitrogen and oxygen atoms in total. The molecule has 2 heterocycles. The maximum absolute atomic E-state index is 12.7. The summed E-state index contributed by atoms with van der Waals surface area (Å²) in [5, 5.41) is 8.98. The summed E-state index contributed by atoms with van der Waals surface area (Å²) in [6, 6.07) is 9.90. The van der Waals surface area contributed by atoms with E-state index in [9.17, 15) is 9.59 Å². The number of thiocarbonyl (C=S) groups is 1. The number of aromatic carboxylic acids is 1. The summed E-state index contributed by atoms with van der Waals surface area (Å²) in [5.74, 6) is 1.49. The lowest BCUT2D eigenvalue weighted by atomic mass is 10.2. The summed E-state index contributed by atoms with van der Waals surface area (Å²) >= 11 is 6.54. The molecule has 1 aliphatic heterocycles. The molecular formula is C19H15NO4S2. The van der Waals surface area contributed by atoms with Crippen molar-refractivity contribution in [3.05, 3.63) is 58.4 Å². The van der Waals surface area contributed by atoms with Gasteiger partial charge in [-0.3, -0.25) is 9.69 Å². The third kappa shape index (κ3) is 3.08. The van der Waals surface area contributed by atoms with Crippen molar-refractivity contribution < 1.29 is 19.1 Å². The molecule has 0 radical (unpaired) electrons. The lowest BCUT2D eigenvalue weighted by molar-refractivity contribution is -0.113. The number of benzene rings is 1. The quantitative estimate of drug-likeness (QED) is 0.617. The monoisotopic (exact) mass is 385 g/mol. The first-order chi connectivity index (χ1) is 12.4. The van der Waals surface area contributed by atoms with Crippen LogP contribution in [0.3, 0.4) is 0 Å². The summed E-state index contributed by atoms with van der Waals surface area (Å²) in [6.07, 6.45) is 2.85. The molecule has 26 heavy (non-hydrogen) atoms. The molecule has 1 N–H and O–H groups in total. The molecule has 7 heteroatoms. The first-order valence-electron chi connectivity index (χ1n) is 8.15. The Bertz CT molecular complexity index is 945. The van der Waals surface area contributed by atoms with Crippen molar-refractivity contribution in [3.63, 3.8) is 0 Å². The molecule has 1 aromatic carbocycles. The number of rotatable bonds is 4.